The van der Waals surface area contributed by atoms with Crippen LogP contribution in [-0.2, 0) is 4.79 Å². The van der Waals surface area contributed by atoms with Crippen molar-refractivity contribution in [3.05, 3.63) is 58.9 Å². The maximum atomic E-state index is 14.0. The Hall–Kier alpha value is -4.35. The molecule has 5 rings (SSSR count). The third-order valence-electron chi connectivity index (χ3n) is 4.87. The van der Waals surface area contributed by atoms with Crippen molar-refractivity contribution >= 4 is 41.2 Å². The van der Waals surface area contributed by atoms with Gasteiger partial charge in [-0.05, 0) is 31.1 Å². The molecule has 0 unspecified atom stereocenters. The molecule has 0 bridgehead atoms. The summed E-state index contributed by atoms with van der Waals surface area (Å²) in [6.07, 6.45) is 4.80. The van der Waals surface area contributed by atoms with E-state index < -0.39 is 29.5 Å². The first-order valence-corrected chi connectivity index (χ1v) is 9.63. The molecule has 0 atom stereocenters. The number of carbonyl (C=O) groups is 3. The van der Waals surface area contributed by atoms with E-state index in [1.54, 1.807) is 6.07 Å². The number of fused-ring (bicyclic) bond motifs is 1. The van der Waals surface area contributed by atoms with Crippen LogP contribution < -0.4 is 21.3 Å². The Morgan fingerprint density at radius 2 is 2.00 bits per heavy atom. The number of hydrogen-bond donors (Lipinski definition) is 4. The Balaban J connectivity index is 1.53. The highest BCUT2D eigenvalue weighted by Gasteiger charge is 2.25. The van der Waals surface area contributed by atoms with E-state index in [-0.39, 0.29) is 28.8 Å². The molecule has 2 aromatic heterocycles. The first-order valence-electron chi connectivity index (χ1n) is 9.63. The molecule has 32 heavy (non-hydrogen) atoms. The highest BCUT2D eigenvalue weighted by molar-refractivity contribution is 6.14. The van der Waals surface area contributed by atoms with E-state index in [2.05, 4.69) is 31.3 Å². The molecule has 0 spiro atoms. The predicted octanol–water partition coefficient (Wildman–Crippen LogP) is 2.01. The monoisotopic (exact) mass is 439 g/mol. The number of nitrogens with one attached hydrogen (secondary N) is 4. The Bertz CT molecular complexity index is 1330. The molecule has 1 aromatic carbocycles. The summed E-state index contributed by atoms with van der Waals surface area (Å²) in [5.41, 5.74) is 0.365. The lowest BCUT2D eigenvalue weighted by molar-refractivity contribution is -0.115. The summed E-state index contributed by atoms with van der Waals surface area (Å²) in [6.45, 7) is 0. The Labute approximate surface area is 178 Å². The standard InChI is InChI=1S/C20H15F2N7O3/c21-10-1-4-12(13(22)6-10)18(30)27-15-7-16(24-11-2-3-11)29-17(26-15)9(8-23-29)5-14-19(31)28-20(32)25-14/h1,4-8,11,24H,2-3H2,(H,26,27,30)(H2,25,28,31,32)/b14-5-. The van der Waals surface area contributed by atoms with Gasteiger partial charge in [0.1, 0.15) is 29.0 Å². The molecule has 162 valence electrons. The molecule has 12 heteroatoms. The quantitative estimate of drug-likeness (QED) is 0.356. The van der Waals surface area contributed by atoms with E-state index in [0.717, 1.165) is 25.0 Å². The zero-order chi connectivity index (χ0) is 22.4. The lowest BCUT2D eigenvalue weighted by Crippen LogP contribution is -2.22. The fraction of sp³-hybridized carbons (Fsp3) is 0.150. The number of rotatable bonds is 5. The van der Waals surface area contributed by atoms with Gasteiger partial charge < -0.3 is 16.0 Å². The lowest BCUT2D eigenvalue weighted by Gasteiger charge is -2.11. The maximum absolute atomic E-state index is 14.0. The van der Waals surface area contributed by atoms with Crippen LogP contribution in [0.25, 0.3) is 11.7 Å². The molecule has 10 nitrogen and oxygen atoms in total. The van der Waals surface area contributed by atoms with E-state index in [1.807, 2.05) is 0 Å². The molecule has 1 aliphatic carbocycles. The topological polar surface area (TPSA) is 130 Å². The molecule has 1 aliphatic heterocycles. The average Bonchev–Trinajstić information content (AvgIpc) is 3.36. The Kier molecular flexibility index (Phi) is 4.54. The normalized spacial score (nSPS) is 16.9. The van der Waals surface area contributed by atoms with Gasteiger partial charge in [-0.3, -0.25) is 14.9 Å². The van der Waals surface area contributed by atoms with E-state index >= 15 is 0 Å². The summed E-state index contributed by atoms with van der Waals surface area (Å²) < 4.78 is 28.7. The van der Waals surface area contributed by atoms with Crippen LogP contribution >= 0.6 is 0 Å². The number of halogens is 2. The second-order valence-corrected chi connectivity index (χ2v) is 7.33. The predicted molar refractivity (Wildman–Crippen MR) is 109 cm³/mol. The van der Waals surface area contributed by atoms with Gasteiger partial charge in [-0.15, -0.1) is 0 Å². The van der Waals surface area contributed by atoms with Gasteiger partial charge in [0.25, 0.3) is 11.8 Å². The molecular weight excluding hydrogens is 424 g/mol. The number of hydrogen-bond acceptors (Lipinski definition) is 6. The zero-order valence-electron chi connectivity index (χ0n) is 16.3. The van der Waals surface area contributed by atoms with Gasteiger partial charge in [0.2, 0.25) is 0 Å². The fourth-order valence-corrected chi connectivity index (χ4v) is 3.18. The minimum atomic E-state index is -1.00. The van der Waals surface area contributed by atoms with Crippen LogP contribution in [0.5, 0.6) is 0 Å². The summed E-state index contributed by atoms with van der Waals surface area (Å²) in [7, 11) is 0. The Morgan fingerprint density at radius 3 is 2.69 bits per heavy atom. The number of imide groups is 1. The van der Waals surface area contributed by atoms with Crippen molar-refractivity contribution in [3.63, 3.8) is 0 Å². The smallest absolute Gasteiger partial charge is 0.326 e. The average molecular weight is 439 g/mol. The van der Waals surface area contributed by atoms with Crippen molar-refractivity contribution in [2.24, 2.45) is 0 Å². The maximum Gasteiger partial charge on any atom is 0.326 e. The van der Waals surface area contributed by atoms with Gasteiger partial charge in [0.05, 0.1) is 11.8 Å². The van der Waals surface area contributed by atoms with Crippen LogP contribution in [0.4, 0.5) is 25.2 Å². The lowest BCUT2D eigenvalue weighted by atomic mass is 10.2. The number of amides is 4. The highest BCUT2D eigenvalue weighted by Crippen LogP contribution is 2.28. The van der Waals surface area contributed by atoms with Crippen molar-refractivity contribution in [1.29, 1.82) is 0 Å². The number of anilines is 2. The number of carbonyl (C=O) groups excluding carboxylic acids is 3. The number of nitrogens with zero attached hydrogens (tertiary/aromatic N) is 3. The van der Waals surface area contributed by atoms with E-state index in [4.69, 9.17) is 0 Å². The summed E-state index contributed by atoms with van der Waals surface area (Å²) in [5.74, 6) is -2.58. The SMILES string of the molecule is O=C1NC(=O)/C(=C/c2cnn3c(NC4CC4)cc(NC(=O)c4ccc(F)cc4F)nc23)N1. The van der Waals surface area contributed by atoms with Gasteiger partial charge >= 0.3 is 6.03 Å². The van der Waals surface area contributed by atoms with Gasteiger partial charge in [0.15, 0.2) is 5.65 Å². The van der Waals surface area contributed by atoms with Crippen LogP contribution in [0.15, 0.2) is 36.2 Å². The second-order valence-electron chi connectivity index (χ2n) is 7.33. The molecule has 1 saturated heterocycles. The number of urea groups is 1. The second kappa shape index (κ2) is 7.41. The first-order chi connectivity index (χ1) is 15.4. The Morgan fingerprint density at radius 1 is 1.19 bits per heavy atom. The van der Waals surface area contributed by atoms with Crippen LogP contribution in [0.3, 0.4) is 0 Å². The number of aromatic nitrogens is 3. The summed E-state index contributed by atoms with van der Waals surface area (Å²) in [5, 5.41) is 14.5. The van der Waals surface area contributed by atoms with Crippen LogP contribution in [0.1, 0.15) is 28.8 Å². The minimum Gasteiger partial charge on any atom is -0.367 e. The summed E-state index contributed by atoms with van der Waals surface area (Å²) in [6, 6.07) is 3.78. The van der Waals surface area contributed by atoms with Gasteiger partial charge in [-0.25, -0.2) is 18.6 Å². The van der Waals surface area contributed by atoms with E-state index in [9.17, 15) is 23.2 Å². The third kappa shape index (κ3) is 3.73. The van der Waals surface area contributed by atoms with Crippen LogP contribution in [-0.4, -0.2) is 38.5 Å². The molecule has 2 aliphatic rings. The molecule has 3 aromatic rings. The van der Waals surface area contributed by atoms with Crippen molar-refractivity contribution in [2.45, 2.75) is 18.9 Å². The van der Waals surface area contributed by atoms with Crippen molar-refractivity contribution in [3.8, 4) is 0 Å². The van der Waals surface area contributed by atoms with Crippen LogP contribution in [0, 0.1) is 11.6 Å². The van der Waals surface area contributed by atoms with Gasteiger partial charge in [-0.2, -0.15) is 9.61 Å². The van der Waals surface area contributed by atoms with E-state index in [1.165, 1.54) is 16.8 Å². The minimum absolute atomic E-state index is 0.0197. The highest BCUT2D eigenvalue weighted by atomic mass is 19.1. The van der Waals surface area contributed by atoms with Crippen LogP contribution in [0.2, 0.25) is 0 Å². The zero-order valence-corrected chi connectivity index (χ0v) is 16.3. The number of benzene rings is 1. The largest absolute Gasteiger partial charge is 0.367 e. The molecular formula is C20H15F2N7O3. The van der Waals surface area contributed by atoms with E-state index in [0.29, 0.717) is 17.4 Å². The van der Waals surface area contributed by atoms with Crippen molar-refractivity contribution in [2.75, 3.05) is 10.6 Å². The molecule has 1 saturated carbocycles. The molecule has 4 amide bonds. The van der Waals surface area contributed by atoms with Crippen molar-refractivity contribution < 1.29 is 23.2 Å². The molecule has 2 fully saturated rings. The fourth-order valence-electron chi connectivity index (χ4n) is 3.18. The third-order valence-corrected chi connectivity index (χ3v) is 4.87. The molecule has 0 radical (unpaired) electrons. The molecule has 3 heterocycles. The van der Waals surface area contributed by atoms with Gasteiger partial charge in [0, 0.05) is 23.7 Å². The molecule has 4 N–H and O–H groups in total. The first kappa shape index (κ1) is 19.6. The van der Waals surface area contributed by atoms with Crippen molar-refractivity contribution in [1.82, 2.24) is 25.2 Å². The summed E-state index contributed by atoms with van der Waals surface area (Å²) in [4.78, 5) is 40.1. The van der Waals surface area contributed by atoms with Gasteiger partial charge in [-0.1, -0.05) is 0 Å². The summed E-state index contributed by atoms with van der Waals surface area (Å²) >= 11 is 0.